The summed E-state index contributed by atoms with van der Waals surface area (Å²) in [7, 11) is 0. The average Bonchev–Trinajstić information content (AvgIpc) is 2.57. The van der Waals surface area contributed by atoms with Crippen LogP contribution in [0.5, 0.6) is 0 Å². The van der Waals surface area contributed by atoms with Crippen molar-refractivity contribution >= 4 is 40.8 Å². The average molecular weight is 381 g/mol. The van der Waals surface area contributed by atoms with Gasteiger partial charge in [0.05, 0.1) is 10.6 Å². The van der Waals surface area contributed by atoms with Crippen LogP contribution in [0.4, 0.5) is 5.69 Å². The Balaban J connectivity index is 1.97. The van der Waals surface area contributed by atoms with E-state index in [4.69, 9.17) is 27.9 Å². The minimum absolute atomic E-state index is 0.0915. The molecular weight excluding hydrogens is 363 g/mol. The highest BCUT2D eigenvalue weighted by Crippen LogP contribution is 2.21. The lowest BCUT2D eigenvalue weighted by molar-refractivity contribution is -0.123. The number of hydrogen-bond donors (Lipinski definition) is 1. The van der Waals surface area contributed by atoms with Crippen molar-refractivity contribution < 1.29 is 14.3 Å². The molecule has 1 aromatic heterocycles. The van der Waals surface area contributed by atoms with Gasteiger partial charge in [0.1, 0.15) is 5.15 Å². The molecule has 0 aliphatic carbocycles. The zero-order valence-electron chi connectivity index (χ0n) is 14.0. The van der Waals surface area contributed by atoms with E-state index in [9.17, 15) is 9.59 Å². The van der Waals surface area contributed by atoms with Crippen LogP contribution < -0.4 is 5.32 Å². The number of rotatable bonds is 5. The van der Waals surface area contributed by atoms with Gasteiger partial charge in [-0.05, 0) is 36.6 Å². The molecule has 0 fully saturated rings. The first kappa shape index (κ1) is 19.2. The smallest absolute Gasteiger partial charge is 0.340 e. The highest BCUT2D eigenvalue weighted by Gasteiger charge is 2.20. The molecule has 0 radical (unpaired) electrons. The molecule has 0 spiro atoms. The Morgan fingerprint density at radius 2 is 1.76 bits per heavy atom. The molecule has 0 unspecified atom stereocenters. The van der Waals surface area contributed by atoms with Crippen LogP contribution in [0.3, 0.4) is 0 Å². The maximum Gasteiger partial charge on any atom is 0.340 e. The van der Waals surface area contributed by atoms with Gasteiger partial charge in [0.15, 0.2) is 6.10 Å². The molecule has 0 saturated heterocycles. The molecule has 0 bridgehead atoms. The molecule has 1 heterocycles. The Kier molecular flexibility index (Phi) is 6.39. The third kappa shape index (κ3) is 5.18. The summed E-state index contributed by atoms with van der Waals surface area (Å²) in [6, 6.07) is 8.85. The lowest BCUT2D eigenvalue weighted by Gasteiger charge is -2.14. The largest absolute Gasteiger partial charge is 0.449 e. The van der Waals surface area contributed by atoms with Crippen molar-refractivity contribution in [3.8, 4) is 0 Å². The maximum atomic E-state index is 12.2. The minimum atomic E-state index is -0.980. The minimum Gasteiger partial charge on any atom is -0.449 e. The topological polar surface area (TPSA) is 68.3 Å². The molecule has 1 amide bonds. The van der Waals surface area contributed by atoms with E-state index in [1.807, 2.05) is 24.3 Å². The third-order valence-electron chi connectivity index (χ3n) is 3.53. The van der Waals surface area contributed by atoms with Crippen molar-refractivity contribution in [3.63, 3.8) is 0 Å². The van der Waals surface area contributed by atoms with Crippen LogP contribution >= 0.6 is 23.2 Å². The van der Waals surface area contributed by atoms with Crippen LogP contribution in [0.15, 0.2) is 36.5 Å². The number of anilines is 1. The number of aromatic nitrogens is 1. The molecular formula is C18H18Cl2N2O3. The van der Waals surface area contributed by atoms with Gasteiger partial charge in [0.2, 0.25) is 0 Å². The quantitative estimate of drug-likeness (QED) is 0.602. The van der Waals surface area contributed by atoms with Gasteiger partial charge < -0.3 is 10.1 Å². The van der Waals surface area contributed by atoms with Gasteiger partial charge >= 0.3 is 5.97 Å². The molecule has 1 atom stereocenters. The van der Waals surface area contributed by atoms with Crippen molar-refractivity contribution in [2.24, 2.45) is 0 Å². The molecule has 132 valence electrons. The maximum absolute atomic E-state index is 12.2. The predicted molar refractivity (Wildman–Crippen MR) is 98.3 cm³/mol. The SMILES string of the molecule is CC(C)c1ccc(NC(=O)[C@@H](C)OC(=O)c2cnc(Cl)c(Cl)c2)cc1. The second-order valence-corrected chi connectivity index (χ2v) is 6.58. The fourth-order valence-electron chi connectivity index (χ4n) is 2.01. The van der Waals surface area contributed by atoms with E-state index < -0.39 is 18.0 Å². The van der Waals surface area contributed by atoms with Crippen molar-refractivity contribution in [1.29, 1.82) is 0 Å². The number of benzene rings is 1. The number of hydrogen-bond acceptors (Lipinski definition) is 4. The van der Waals surface area contributed by atoms with Crippen LogP contribution in [0.25, 0.3) is 0 Å². The number of esters is 1. The van der Waals surface area contributed by atoms with E-state index in [1.165, 1.54) is 24.8 Å². The normalized spacial score (nSPS) is 11.9. The lowest BCUT2D eigenvalue weighted by atomic mass is 10.0. The van der Waals surface area contributed by atoms with Gasteiger partial charge in [-0.15, -0.1) is 0 Å². The van der Waals surface area contributed by atoms with Gasteiger partial charge in [-0.2, -0.15) is 0 Å². The van der Waals surface area contributed by atoms with Crippen molar-refractivity contribution in [1.82, 2.24) is 4.98 Å². The number of nitrogens with one attached hydrogen (secondary N) is 1. The number of halogens is 2. The first-order chi connectivity index (χ1) is 11.8. The van der Waals surface area contributed by atoms with E-state index in [-0.39, 0.29) is 15.7 Å². The van der Waals surface area contributed by atoms with E-state index in [0.29, 0.717) is 11.6 Å². The monoisotopic (exact) mass is 380 g/mol. The first-order valence-electron chi connectivity index (χ1n) is 7.70. The molecule has 0 aliphatic heterocycles. The molecule has 5 nitrogen and oxygen atoms in total. The van der Waals surface area contributed by atoms with Crippen LogP contribution in [0.1, 0.15) is 42.6 Å². The van der Waals surface area contributed by atoms with Gasteiger partial charge in [0.25, 0.3) is 5.91 Å². The zero-order valence-corrected chi connectivity index (χ0v) is 15.6. The lowest BCUT2D eigenvalue weighted by Crippen LogP contribution is -2.30. The number of ether oxygens (including phenoxy) is 1. The Labute approximate surface area is 156 Å². The van der Waals surface area contributed by atoms with Gasteiger partial charge in [-0.3, -0.25) is 4.79 Å². The second kappa shape index (κ2) is 8.32. The number of pyridine rings is 1. The summed E-state index contributed by atoms with van der Waals surface area (Å²) >= 11 is 11.5. The summed E-state index contributed by atoms with van der Waals surface area (Å²) in [5, 5.41) is 2.94. The summed E-state index contributed by atoms with van der Waals surface area (Å²) in [5.74, 6) is -0.730. The molecule has 2 rings (SSSR count). The fourth-order valence-corrected chi connectivity index (χ4v) is 2.28. The van der Waals surface area contributed by atoms with Gasteiger partial charge in [-0.25, -0.2) is 9.78 Å². The summed E-state index contributed by atoms with van der Waals surface area (Å²) in [6.45, 7) is 5.67. The molecule has 2 aromatic rings. The molecule has 0 aliphatic rings. The van der Waals surface area contributed by atoms with Crippen LogP contribution in [-0.4, -0.2) is 23.0 Å². The van der Waals surface area contributed by atoms with E-state index >= 15 is 0 Å². The predicted octanol–water partition coefficient (Wildman–Crippen LogP) is 4.70. The summed E-state index contributed by atoms with van der Waals surface area (Å²) in [5.41, 5.74) is 1.92. The van der Waals surface area contributed by atoms with E-state index in [0.717, 1.165) is 0 Å². The van der Waals surface area contributed by atoms with Crippen LogP contribution in [0.2, 0.25) is 10.2 Å². The van der Waals surface area contributed by atoms with Gasteiger partial charge in [-0.1, -0.05) is 49.2 Å². The van der Waals surface area contributed by atoms with E-state index in [2.05, 4.69) is 24.1 Å². The molecule has 1 N–H and O–H groups in total. The molecule has 25 heavy (non-hydrogen) atoms. The Morgan fingerprint density at radius 1 is 1.12 bits per heavy atom. The standard InChI is InChI=1S/C18H18Cl2N2O3/c1-10(2)12-4-6-14(7-5-12)22-17(23)11(3)25-18(24)13-8-15(19)16(20)21-9-13/h4-11H,1-3H3,(H,22,23)/t11-/m1/s1. The molecule has 1 aromatic carbocycles. The van der Waals surface area contributed by atoms with Gasteiger partial charge in [0, 0.05) is 11.9 Å². The Bertz CT molecular complexity index is 776. The van der Waals surface area contributed by atoms with E-state index in [1.54, 1.807) is 0 Å². The summed E-state index contributed by atoms with van der Waals surface area (Å²) in [4.78, 5) is 28.0. The fraction of sp³-hybridized carbons (Fsp3) is 0.278. The molecule has 7 heteroatoms. The summed E-state index contributed by atoms with van der Waals surface area (Å²) in [6.07, 6.45) is 0.262. The highest BCUT2D eigenvalue weighted by molar-refractivity contribution is 6.41. The van der Waals surface area contributed by atoms with Crippen LogP contribution in [0, 0.1) is 0 Å². The summed E-state index contributed by atoms with van der Waals surface area (Å²) < 4.78 is 5.13. The number of amides is 1. The number of carbonyl (C=O) groups is 2. The Morgan fingerprint density at radius 3 is 2.32 bits per heavy atom. The Hall–Kier alpha value is -2.11. The number of carbonyl (C=O) groups excluding carboxylic acids is 2. The van der Waals surface area contributed by atoms with Crippen LogP contribution in [-0.2, 0) is 9.53 Å². The second-order valence-electron chi connectivity index (χ2n) is 5.81. The van der Waals surface area contributed by atoms with Crippen molar-refractivity contribution in [2.75, 3.05) is 5.32 Å². The van der Waals surface area contributed by atoms with Crippen molar-refractivity contribution in [2.45, 2.75) is 32.8 Å². The first-order valence-corrected chi connectivity index (χ1v) is 8.46. The third-order valence-corrected chi connectivity index (χ3v) is 4.22. The highest BCUT2D eigenvalue weighted by atomic mass is 35.5. The molecule has 0 saturated carbocycles. The van der Waals surface area contributed by atoms with Crippen molar-refractivity contribution in [3.05, 3.63) is 57.8 Å². The zero-order chi connectivity index (χ0) is 18.6. The number of nitrogens with zero attached hydrogens (tertiary/aromatic N) is 1.